The van der Waals surface area contributed by atoms with Crippen LogP contribution in [0.3, 0.4) is 0 Å². The highest BCUT2D eigenvalue weighted by atomic mass is 16.2. The van der Waals surface area contributed by atoms with Gasteiger partial charge in [0.2, 0.25) is 5.91 Å². The summed E-state index contributed by atoms with van der Waals surface area (Å²) in [6, 6.07) is 5.46. The number of amides is 1. The second kappa shape index (κ2) is 4.81. The van der Waals surface area contributed by atoms with Crippen LogP contribution in [-0.2, 0) is 11.3 Å². The molecule has 3 rings (SSSR count). The van der Waals surface area contributed by atoms with Crippen LogP contribution < -0.4 is 10.9 Å². The number of aromatic nitrogens is 1. The van der Waals surface area contributed by atoms with Crippen molar-refractivity contribution >= 4 is 5.91 Å². The van der Waals surface area contributed by atoms with Crippen molar-refractivity contribution < 1.29 is 4.79 Å². The highest BCUT2D eigenvalue weighted by molar-refractivity contribution is 5.78. The summed E-state index contributed by atoms with van der Waals surface area (Å²) in [5.74, 6) is 0.873. The third-order valence-corrected chi connectivity index (χ3v) is 4.16. The van der Waals surface area contributed by atoms with Crippen LogP contribution in [-0.4, -0.2) is 42.1 Å². The molecule has 0 spiro atoms. The Hall–Kier alpha value is -1.62. The lowest BCUT2D eigenvalue weighted by atomic mass is 9.83. The van der Waals surface area contributed by atoms with Crippen LogP contribution in [0.5, 0.6) is 0 Å². The van der Waals surface area contributed by atoms with Crippen LogP contribution in [0.4, 0.5) is 0 Å². The van der Waals surface area contributed by atoms with Gasteiger partial charge in [0, 0.05) is 37.3 Å². The Labute approximate surface area is 112 Å². The summed E-state index contributed by atoms with van der Waals surface area (Å²) < 4.78 is 1.89. The minimum Gasteiger partial charge on any atom is -0.341 e. The molecule has 2 aliphatic heterocycles. The van der Waals surface area contributed by atoms with Crippen molar-refractivity contribution in [2.24, 2.45) is 5.92 Å². The fourth-order valence-corrected chi connectivity index (χ4v) is 3.36. The maximum atomic E-state index is 12.0. The van der Waals surface area contributed by atoms with Crippen molar-refractivity contribution in [2.75, 3.05) is 26.7 Å². The van der Waals surface area contributed by atoms with Gasteiger partial charge < -0.3 is 14.8 Å². The Morgan fingerprint density at radius 2 is 2.21 bits per heavy atom. The van der Waals surface area contributed by atoms with Crippen LogP contribution in [0.2, 0.25) is 0 Å². The van der Waals surface area contributed by atoms with Gasteiger partial charge in [-0.25, -0.2) is 0 Å². The predicted octanol–water partition coefficient (Wildman–Crippen LogP) is 0.0134. The van der Waals surface area contributed by atoms with Gasteiger partial charge >= 0.3 is 0 Å². The number of pyridine rings is 1. The first-order valence-corrected chi connectivity index (χ1v) is 6.81. The monoisotopic (exact) mass is 261 g/mol. The molecular weight excluding hydrogens is 242 g/mol. The third-order valence-electron chi connectivity index (χ3n) is 4.16. The first-order chi connectivity index (χ1) is 9.19. The zero-order chi connectivity index (χ0) is 13.4. The summed E-state index contributed by atoms with van der Waals surface area (Å²) in [6.45, 7) is 2.65. The summed E-state index contributed by atoms with van der Waals surface area (Å²) in [5.41, 5.74) is 1.17. The number of hydrogen-bond donors (Lipinski definition) is 1. The van der Waals surface area contributed by atoms with E-state index in [0.717, 1.165) is 31.7 Å². The minimum absolute atomic E-state index is 0.0854. The van der Waals surface area contributed by atoms with Crippen LogP contribution in [0.25, 0.3) is 0 Å². The van der Waals surface area contributed by atoms with Crippen molar-refractivity contribution in [3.63, 3.8) is 0 Å². The number of fused-ring (bicyclic) bond motifs is 4. The molecule has 0 saturated carbocycles. The van der Waals surface area contributed by atoms with Gasteiger partial charge in [-0.2, -0.15) is 0 Å². The van der Waals surface area contributed by atoms with Gasteiger partial charge in [-0.05, 0) is 25.5 Å². The summed E-state index contributed by atoms with van der Waals surface area (Å²) in [5, 5.41) is 2.91. The second-order valence-corrected chi connectivity index (χ2v) is 5.53. The van der Waals surface area contributed by atoms with E-state index in [-0.39, 0.29) is 11.5 Å². The highest BCUT2D eigenvalue weighted by Gasteiger charge is 2.35. The van der Waals surface area contributed by atoms with E-state index in [4.69, 9.17) is 0 Å². The maximum Gasteiger partial charge on any atom is 0.250 e. The van der Waals surface area contributed by atoms with E-state index in [0.29, 0.717) is 18.4 Å². The van der Waals surface area contributed by atoms with Gasteiger partial charge in [0.25, 0.3) is 5.56 Å². The van der Waals surface area contributed by atoms with Gasteiger partial charge in [-0.15, -0.1) is 0 Å². The lowest BCUT2D eigenvalue weighted by molar-refractivity contribution is -0.132. The number of likely N-dealkylation sites (tertiary alicyclic amines) is 1. The Kier molecular flexibility index (Phi) is 3.14. The molecule has 5 nitrogen and oxygen atoms in total. The van der Waals surface area contributed by atoms with Gasteiger partial charge in [-0.3, -0.25) is 9.59 Å². The van der Waals surface area contributed by atoms with Gasteiger partial charge in [-0.1, -0.05) is 6.07 Å². The molecule has 2 atom stereocenters. The highest BCUT2D eigenvalue weighted by Crippen LogP contribution is 2.34. The quantitative estimate of drug-likeness (QED) is 0.816. The number of carbonyl (C=O) groups is 1. The Balaban J connectivity index is 1.88. The van der Waals surface area contributed by atoms with E-state index in [9.17, 15) is 9.59 Å². The molecule has 3 heterocycles. The van der Waals surface area contributed by atoms with E-state index in [1.165, 1.54) is 0 Å². The molecule has 102 valence electrons. The fourth-order valence-electron chi connectivity index (χ4n) is 3.36. The lowest BCUT2D eigenvalue weighted by Gasteiger charge is -2.42. The molecule has 1 N–H and O–H groups in total. The van der Waals surface area contributed by atoms with E-state index in [1.807, 2.05) is 21.6 Å². The SMILES string of the molecule is CNCC(=O)N1C[C@H]2C[C@@H](C1)c1cccc(=O)n1C2. The maximum absolute atomic E-state index is 12.0. The molecule has 5 heteroatoms. The number of nitrogens with zero attached hydrogens (tertiary/aromatic N) is 2. The van der Waals surface area contributed by atoms with Crippen molar-refractivity contribution in [3.05, 3.63) is 34.2 Å². The Morgan fingerprint density at radius 3 is 3.00 bits per heavy atom. The van der Waals surface area contributed by atoms with Crippen LogP contribution in [0.1, 0.15) is 18.0 Å². The first kappa shape index (κ1) is 12.4. The Bertz CT molecular complexity index is 552. The molecule has 0 aliphatic carbocycles. The molecule has 1 amide bonds. The second-order valence-electron chi connectivity index (χ2n) is 5.53. The molecule has 1 fully saturated rings. The van der Waals surface area contributed by atoms with Gasteiger partial charge in [0.05, 0.1) is 6.54 Å². The summed E-state index contributed by atoms with van der Waals surface area (Å²) in [4.78, 5) is 25.8. The molecule has 19 heavy (non-hydrogen) atoms. The third kappa shape index (κ3) is 2.18. The number of carbonyl (C=O) groups excluding carboxylic acids is 1. The molecule has 1 aromatic rings. The molecular formula is C14H19N3O2. The average molecular weight is 261 g/mol. The Morgan fingerprint density at radius 1 is 1.37 bits per heavy atom. The van der Waals surface area contributed by atoms with Crippen LogP contribution in [0.15, 0.2) is 23.0 Å². The van der Waals surface area contributed by atoms with E-state index < -0.39 is 0 Å². The standard InChI is InChI=1S/C14H19N3O2/c1-15-6-14(19)16-7-10-5-11(9-16)12-3-2-4-13(18)17(12)8-10/h2-4,10-11,15H,5-9H2,1H3/t10-,11+/m1/s1. The molecule has 1 aromatic heterocycles. The number of nitrogens with one attached hydrogen (secondary N) is 1. The van der Waals surface area contributed by atoms with Gasteiger partial charge in [0.1, 0.15) is 0 Å². The van der Waals surface area contributed by atoms with Gasteiger partial charge in [0.15, 0.2) is 0 Å². The minimum atomic E-state index is 0.0854. The van der Waals surface area contributed by atoms with E-state index >= 15 is 0 Å². The molecule has 2 aliphatic rings. The zero-order valence-corrected chi connectivity index (χ0v) is 11.1. The van der Waals surface area contributed by atoms with Crippen molar-refractivity contribution in [2.45, 2.75) is 18.9 Å². The largest absolute Gasteiger partial charge is 0.341 e. The number of rotatable bonds is 2. The van der Waals surface area contributed by atoms with Crippen molar-refractivity contribution in [1.29, 1.82) is 0 Å². The molecule has 2 bridgehead atoms. The van der Waals surface area contributed by atoms with Crippen LogP contribution in [0, 0.1) is 5.92 Å². The predicted molar refractivity (Wildman–Crippen MR) is 72.1 cm³/mol. The lowest BCUT2D eigenvalue weighted by Crippen LogP contribution is -2.50. The topological polar surface area (TPSA) is 54.3 Å². The number of hydrogen-bond acceptors (Lipinski definition) is 3. The zero-order valence-electron chi connectivity index (χ0n) is 11.1. The average Bonchev–Trinajstić information content (AvgIpc) is 2.40. The van der Waals surface area contributed by atoms with Crippen molar-refractivity contribution in [3.8, 4) is 0 Å². The smallest absolute Gasteiger partial charge is 0.250 e. The van der Waals surface area contributed by atoms with E-state index in [1.54, 1.807) is 13.1 Å². The van der Waals surface area contributed by atoms with E-state index in [2.05, 4.69) is 5.32 Å². The number of piperidine rings is 1. The summed E-state index contributed by atoms with van der Waals surface area (Å²) >= 11 is 0. The molecule has 1 saturated heterocycles. The number of likely N-dealkylation sites (N-methyl/N-ethyl adjacent to an activating group) is 1. The molecule has 0 unspecified atom stereocenters. The molecule has 0 aromatic carbocycles. The first-order valence-electron chi connectivity index (χ1n) is 6.81. The summed E-state index contributed by atoms with van der Waals surface area (Å²) in [7, 11) is 1.79. The molecule has 0 radical (unpaired) electrons. The van der Waals surface area contributed by atoms with Crippen LogP contribution >= 0.6 is 0 Å². The van der Waals surface area contributed by atoms with Crippen molar-refractivity contribution in [1.82, 2.24) is 14.8 Å². The summed E-state index contributed by atoms with van der Waals surface area (Å²) in [6.07, 6.45) is 1.09. The fraction of sp³-hybridized carbons (Fsp3) is 0.571. The normalized spacial score (nSPS) is 25.0.